The van der Waals surface area contributed by atoms with Crippen molar-refractivity contribution < 1.29 is 17.3 Å². The van der Waals surface area contributed by atoms with Gasteiger partial charge in [0.1, 0.15) is 0 Å². The average Bonchev–Trinajstić information content (AvgIpc) is 2.85. The van der Waals surface area contributed by atoms with Crippen molar-refractivity contribution in [2.24, 2.45) is 11.1 Å². The second-order valence-electron chi connectivity index (χ2n) is 6.43. The number of ether oxygens (including phenoxy) is 1. The Bertz CT molecular complexity index is 596. The molecule has 2 N–H and O–H groups in total. The molecule has 122 valence electrons. The van der Waals surface area contributed by atoms with Gasteiger partial charge in [0.15, 0.2) is 0 Å². The number of nitrogens with two attached hydrogens (primary N) is 1. The third kappa shape index (κ3) is 3.68. The summed E-state index contributed by atoms with van der Waals surface area (Å²) in [6, 6.07) is 9.96. The molecule has 1 aliphatic heterocycles. The highest BCUT2D eigenvalue weighted by Gasteiger charge is 2.47. The lowest BCUT2D eigenvalue weighted by atomic mass is 9.80. The predicted octanol–water partition coefficient (Wildman–Crippen LogP) is 2.69. The van der Waals surface area contributed by atoms with E-state index >= 15 is 0 Å². The molecule has 22 heavy (non-hydrogen) atoms. The van der Waals surface area contributed by atoms with E-state index in [1.165, 1.54) is 19.3 Å². The minimum absolute atomic E-state index is 0.0128. The first-order chi connectivity index (χ1) is 10.5. The van der Waals surface area contributed by atoms with Crippen molar-refractivity contribution in [1.29, 1.82) is 0 Å². The van der Waals surface area contributed by atoms with E-state index in [-0.39, 0.29) is 24.2 Å². The maximum absolute atomic E-state index is 11.1. The van der Waals surface area contributed by atoms with Crippen molar-refractivity contribution in [1.82, 2.24) is 0 Å². The average molecular weight is 325 g/mol. The van der Waals surface area contributed by atoms with Gasteiger partial charge in [-0.3, -0.25) is 4.18 Å². The first kappa shape index (κ1) is 15.9. The molecule has 5 nitrogen and oxygen atoms in total. The molecule has 1 aromatic carbocycles. The van der Waals surface area contributed by atoms with Crippen molar-refractivity contribution in [2.75, 3.05) is 6.61 Å². The minimum Gasteiger partial charge on any atom is -0.367 e. The highest BCUT2D eigenvalue weighted by molar-refractivity contribution is 7.84. The van der Waals surface area contributed by atoms with Gasteiger partial charge in [0.25, 0.3) is 0 Å². The monoisotopic (exact) mass is 325 g/mol. The first-order valence-electron chi connectivity index (χ1n) is 7.87. The van der Waals surface area contributed by atoms with Crippen LogP contribution in [-0.4, -0.2) is 20.6 Å². The summed E-state index contributed by atoms with van der Waals surface area (Å²) in [5.74, 6) is 0.0128. The van der Waals surface area contributed by atoms with Crippen LogP contribution in [0.3, 0.4) is 0 Å². The molecule has 0 radical (unpaired) electrons. The predicted molar refractivity (Wildman–Crippen MR) is 83.3 cm³/mol. The van der Waals surface area contributed by atoms with Crippen LogP contribution in [0, 0.1) is 5.92 Å². The molecule has 0 unspecified atom stereocenters. The Kier molecular flexibility index (Phi) is 4.54. The number of benzene rings is 1. The van der Waals surface area contributed by atoms with Crippen molar-refractivity contribution in [3.8, 4) is 0 Å². The highest BCUT2D eigenvalue weighted by atomic mass is 32.2. The SMILES string of the molecule is NS(=O)(=O)OC[C@@H]1CC2(CCCCC2)O[C@H]1c1ccccc1. The Hall–Kier alpha value is -0.950. The third-order valence-electron chi connectivity index (χ3n) is 4.78. The van der Waals surface area contributed by atoms with Crippen LogP contribution in [0.15, 0.2) is 30.3 Å². The molecule has 2 aliphatic rings. The van der Waals surface area contributed by atoms with Gasteiger partial charge >= 0.3 is 10.3 Å². The van der Waals surface area contributed by atoms with Crippen molar-refractivity contribution >= 4 is 10.3 Å². The molecule has 2 fully saturated rings. The van der Waals surface area contributed by atoms with Crippen molar-refractivity contribution in [3.05, 3.63) is 35.9 Å². The quantitative estimate of drug-likeness (QED) is 0.923. The van der Waals surface area contributed by atoms with Gasteiger partial charge in [0, 0.05) is 5.92 Å². The number of rotatable bonds is 4. The van der Waals surface area contributed by atoms with E-state index in [1.54, 1.807) is 0 Å². The van der Waals surface area contributed by atoms with Gasteiger partial charge in [-0.25, -0.2) is 5.14 Å². The zero-order valence-electron chi connectivity index (χ0n) is 12.6. The fourth-order valence-electron chi connectivity index (χ4n) is 3.83. The van der Waals surface area contributed by atoms with E-state index in [2.05, 4.69) is 0 Å². The summed E-state index contributed by atoms with van der Waals surface area (Å²) in [7, 11) is -3.92. The first-order valence-corrected chi connectivity index (χ1v) is 9.35. The van der Waals surface area contributed by atoms with Crippen LogP contribution in [0.2, 0.25) is 0 Å². The Morgan fingerprint density at radius 3 is 2.50 bits per heavy atom. The van der Waals surface area contributed by atoms with E-state index in [1.807, 2.05) is 30.3 Å². The number of hydrogen-bond acceptors (Lipinski definition) is 4. The van der Waals surface area contributed by atoms with Gasteiger partial charge in [-0.2, -0.15) is 8.42 Å². The van der Waals surface area contributed by atoms with E-state index in [9.17, 15) is 8.42 Å². The maximum Gasteiger partial charge on any atom is 0.333 e. The van der Waals surface area contributed by atoms with E-state index in [0.29, 0.717) is 0 Å². The van der Waals surface area contributed by atoms with Crippen LogP contribution < -0.4 is 5.14 Å². The fraction of sp³-hybridized carbons (Fsp3) is 0.625. The lowest BCUT2D eigenvalue weighted by molar-refractivity contribution is -0.0690. The molecule has 2 atom stereocenters. The van der Waals surface area contributed by atoms with Gasteiger partial charge in [0.05, 0.1) is 18.3 Å². The normalized spacial score (nSPS) is 28.0. The van der Waals surface area contributed by atoms with Crippen molar-refractivity contribution in [3.63, 3.8) is 0 Å². The van der Waals surface area contributed by atoms with Crippen LogP contribution in [0.4, 0.5) is 0 Å². The molecule has 1 spiro atoms. The molecule has 0 amide bonds. The molecule has 1 saturated carbocycles. The summed E-state index contributed by atoms with van der Waals surface area (Å²) < 4.78 is 33.5. The van der Waals surface area contributed by atoms with E-state index in [4.69, 9.17) is 14.1 Å². The summed E-state index contributed by atoms with van der Waals surface area (Å²) in [6.07, 6.45) is 6.39. The lowest BCUT2D eigenvalue weighted by Crippen LogP contribution is -2.31. The summed E-state index contributed by atoms with van der Waals surface area (Å²) >= 11 is 0. The molecule has 1 aliphatic carbocycles. The minimum atomic E-state index is -3.92. The lowest BCUT2D eigenvalue weighted by Gasteiger charge is -2.33. The molecule has 1 heterocycles. The van der Waals surface area contributed by atoms with E-state index in [0.717, 1.165) is 24.8 Å². The second-order valence-corrected chi connectivity index (χ2v) is 7.66. The highest BCUT2D eigenvalue weighted by Crippen LogP contribution is 2.50. The Morgan fingerprint density at radius 2 is 1.86 bits per heavy atom. The smallest absolute Gasteiger partial charge is 0.333 e. The molecule has 6 heteroatoms. The van der Waals surface area contributed by atoms with Crippen LogP contribution in [0.1, 0.15) is 50.2 Å². The fourth-order valence-corrected chi connectivity index (χ4v) is 4.19. The van der Waals surface area contributed by atoms with Crippen LogP contribution in [0.5, 0.6) is 0 Å². The molecule has 1 aromatic rings. The van der Waals surface area contributed by atoms with Gasteiger partial charge in [0.2, 0.25) is 0 Å². The summed E-state index contributed by atoms with van der Waals surface area (Å²) in [6.45, 7) is 0.0835. The topological polar surface area (TPSA) is 78.6 Å². The van der Waals surface area contributed by atoms with Gasteiger partial charge in [-0.1, -0.05) is 49.6 Å². The molecule has 0 bridgehead atoms. The standard InChI is InChI=1S/C16H23NO4S/c17-22(18,19)20-12-14-11-16(9-5-2-6-10-16)21-15(14)13-7-3-1-4-8-13/h1,3-4,7-8,14-15H,2,5-6,9-12H2,(H2,17,18,19)/t14-,15-/m0/s1. The Labute approximate surface area is 132 Å². The molecular formula is C16H23NO4S. The molecule has 1 saturated heterocycles. The summed E-state index contributed by atoms with van der Waals surface area (Å²) in [5, 5.41) is 4.98. The Balaban J connectivity index is 1.80. The zero-order chi connectivity index (χ0) is 15.6. The van der Waals surface area contributed by atoms with E-state index < -0.39 is 10.3 Å². The van der Waals surface area contributed by atoms with Crippen LogP contribution in [0.25, 0.3) is 0 Å². The van der Waals surface area contributed by atoms with Crippen LogP contribution in [-0.2, 0) is 19.2 Å². The van der Waals surface area contributed by atoms with Gasteiger partial charge in [-0.05, 0) is 24.8 Å². The van der Waals surface area contributed by atoms with Crippen molar-refractivity contribution in [2.45, 2.75) is 50.2 Å². The molecule has 3 rings (SSSR count). The third-order valence-corrected chi connectivity index (χ3v) is 5.24. The van der Waals surface area contributed by atoms with Gasteiger partial charge in [-0.15, -0.1) is 0 Å². The largest absolute Gasteiger partial charge is 0.367 e. The van der Waals surface area contributed by atoms with Gasteiger partial charge < -0.3 is 4.74 Å². The molecular weight excluding hydrogens is 302 g/mol. The summed E-state index contributed by atoms with van der Waals surface area (Å²) in [5.41, 5.74) is 0.957. The Morgan fingerprint density at radius 1 is 1.18 bits per heavy atom. The maximum atomic E-state index is 11.1. The summed E-state index contributed by atoms with van der Waals surface area (Å²) in [4.78, 5) is 0. The molecule has 0 aromatic heterocycles. The van der Waals surface area contributed by atoms with Crippen LogP contribution >= 0.6 is 0 Å². The number of hydrogen-bond donors (Lipinski definition) is 1. The zero-order valence-corrected chi connectivity index (χ0v) is 13.4. The second kappa shape index (κ2) is 6.28.